The fourth-order valence-corrected chi connectivity index (χ4v) is 1.70. The van der Waals surface area contributed by atoms with Crippen LogP contribution in [0, 0.1) is 0 Å². The number of aryl methyl sites for hydroxylation is 1. The van der Waals surface area contributed by atoms with Crippen molar-refractivity contribution < 1.29 is 0 Å². The molecule has 0 unspecified atom stereocenters. The third-order valence-electron chi connectivity index (χ3n) is 2.48. The van der Waals surface area contributed by atoms with Crippen LogP contribution in [0.15, 0.2) is 15.9 Å². The van der Waals surface area contributed by atoms with E-state index in [9.17, 15) is 9.59 Å². The molecule has 2 N–H and O–H groups in total. The van der Waals surface area contributed by atoms with Crippen molar-refractivity contribution in [2.24, 2.45) is 7.05 Å². The van der Waals surface area contributed by atoms with E-state index >= 15 is 0 Å². The summed E-state index contributed by atoms with van der Waals surface area (Å²) in [6.45, 7) is 2.25. The molecule has 2 aromatic rings. The van der Waals surface area contributed by atoms with E-state index in [1.165, 1.54) is 6.33 Å². The van der Waals surface area contributed by atoms with Gasteiger partial charge in [0, 0.05) is 13.6 Å². The molecule has 0 amide bonds. The lowest BCUT2D eigenvalue weighted by Crippen LogP contribution is -2.43. The number of aromatic nitrogens is 4. The summed E-state index contributed by atoms with van der Waals surface area (Å²) in [4.78, 5) is 27.7. The van der Waals surface area contributed by atoms with Gasteiger partial charge in [0.2, 0.25) is 0 Å². The summed E-state index contributed by atoms with van der Waals surface area (Å²) in [6, 6.07) is 0. The minimum Gasteiger partial charge on any atom is -0.333 e. The lowest BCUT2D eigenvalue weighted by Gasteiger charge is -2.06. The molecule has 0 spiro atoms. The highest BCUT2D eigenvalue weighted by Gasteiger charge is 2.14. The summed E-state index contributed by atoms with van der Waals surface area (Å²) in [5.41, 5.74) is -0.318. The molecule has 2 rings (SSSR count). The summed E-state index contributed by atoms with van der Waals surface area (Å²) in [5, 5.41) is 0. The first-order valence-corrected chi connectivity index (χ1v) is 5.00. The van der Waals surface area contributed by atoms with Gasteiger partial charge in [-0.15, -0.1) is 0 Å². The number of nitrogen functional groups attached to an aromatic ring is 1. The van der Waals surface area contributed by atoms with E-state index in [0.29, 0.717) is 18.5 Å². The molecule has 0 saturated carbocycles. The summed E-state index contributed by atoms with van der Waals surface area (Å²) in [5.74, 6) is 5.60. The molecule has 0 bridgehead atoms. The van der Waals surface area contributed by atoms with Crippen LogP contribution in [0.2, 0.25) is 0 Å². The van der Waals surface area contributed by atoms with Crippen LogP contribution in [-0.2, 0) is 13.6 Å². The second kappa shape index (κ2) is 3.51. The zero-order chi connectivity index (χ0) is 11.9. The zero-order valence-electron chi connectivity index (χ0n) is 9.17. The Kier molecular flexibility index (Phi) is 2.30. The fourth-order valence-electron chi connectivity index (χ4n) is 1.70. The molecule has 0 saturated heterocycles. The van der Waals surface area contributed by atoms with Gasteiger partial charge < -0.3 is 10.4 Å². The number of rotatable bonds is 2. The highest BCUT2D eigenvalue weighted by molar-refractivity contribution is 5.69. The highest BCUT2D eigenvalue weighted by Crippen LogP contribution is 2.01. The smallest absolute Gasteiger partial charge is 0.333 e. The summed E-state index contributed by atoms with van der Waals surface area (Å²) < 4.78 is 3.60. The van der Waals surface area contributed by atoms with Gasteiger partial charge in [0.05, 0.1) is 6.33 Å². The molecule has 0 aromatic carbocycles. The van der Waals surface area contributed by atoms with Gasteiger partial charge in [0.15, 0.2) is 11.2 Å². The molecule has 7 heteroatoms. The highest BCUT2D eigenvalue weighted by atomic mass is 16.2. The molecule has 7 nitrogen and oxygen atoms in total. The number of imidazole rings is 1. The van der Waals surface area contributed by atoms with Gasteiger partial charge in [-0.2, -0.15) is 4.68 Å². The van der Waals surface area contributed by atoms with E-state index in [1.54, 1.807) is 11.6 Å². The van der Waals surface area contributed by atoms with Gasteiger partial charge >= 0.3 is 5.69 Å². The molecule has 86 valence electrons. The Morgan fingerprint density at radius 1 is 1.44 bits per heavy atom. The topological polar surface area (TPSA) is 87.8 Å². The van der Waals surface area contributed by atoms with Gasteiger partial charge in [0.25, 0.3) is 5.56 Å². The van der Waals surface area contributed by atoms with Crippen LogP contribution in [0.1, 0.15) is 13.3 Å². The number of fused-ring (bicyclic) bond motifs is 1. The van der Waals surface area contributed by atoms with Gasteiger partial charge in [-0.1, -0.05) is 6.92 Å². The van der Waals surface area contributed by atoms with Crippen molar-refractivity contribution in [3.05, 3.63) is 27.2 Å². The monoisotopic (exact) mass is 223 g/mol. The SMILES string of the molecule is CCCn1c(=O)c2c(ncn2C)n(N)c1=O. The second-order valence-corrected chi connectivity index (χ2v) is 3.64. The van der Waals surface area contributed by atoms with E-state index in [4.69, 9.17) is 5.84 Å². The molecule has 0 radical (unpaired) electrons. The number of nitrogens with two attached hydrogens (primary N) is 1. The van der Waals surface area contributed by atoms with E-state index < -0.39 is 5.69 Å². The molecular formula is C9H13N5O2. The van der Waals surface area contributed by atoms with Crippen molar-refractivity contribution in [2.45, 2.75) is 19.9 Å². The van der Waals surface area contributed by atoms with E-state index in [2.05, 4.69) is 4.98 Å². The van der Waals surface area contributed by atoms with E-state index in [-0.39, 0.29) is 11.2 Å². The maximum absolute atomic E-state index is 12.0. The number of hydrogen-bond donors (Lipinski definition) is 1. The minimum absolute atomic E-state index is 0.213. The molecule has 2 aromatic heterocycles. The van der Waals surface area contributed by atoms with Crippen molar-refractivity contribution in [3.63, 3.8) is 0 Å². The third-order valence-corrected chi connectivity index (χ3v) is 2.48. The van der Waals surface area contributed by atoms with Crippen LogP contribution < -0.4 is 17.1 Å². The van der Waals surface area contributed by atoms with Crippen LogP contribution in [0.5, 0.6) is 0 Å². The Labute approximate surface area is 90.7 Å². The molecule has 0 aliphatic carbocycles. The molecular weight excluding hydrogens is 210 g/mol. The Morgan fingerprint density at radius 3 is 2.75 bits per heavy atom. The van der Waals surface area contributed by atoms with Crippen LogP contribution in [0.3, 0.4) is 0 Å². The molecule has 0 atom stereocenters. The standard InChI is InChI=1S/C9H13N5O2/c1-3-4-13-8(15)6-7(11-5-12(6)2)14(10)9(13)16/h5H,3-4,10H2,1-2H3. The molecule has 0 fully saturated rings. The summed E-state index contributed by atoms with van der Waals surface area (Å²) in [6.07, 6.45) is 2.16. The Morgan fingerprint density at radius 2 is 2.12 bits per heavy atom. The van der Waals surface area contributed by atoms with Crippen molar-refractivity contribution in [2.75, 3.05) is 5.84 Å². The van der Waals surface area contributed by atoms with Crippen molar-refractivity contribution >= 4 is 11.2 Å². The third kappa shape index (κ3) is 1.24. The van der Waals surface area contributed by atoms with Crippen molar-refractivity contribution in [1.82, 2.24) is 18.8 Å². The molecule has 0 aliphatic heterocycles. The van der Waals surface area contributed by atoms with E-state index in [1.807, 2.05) is 6.92 Å². The van der Waals surface area contributed by atoms with Crippen molar-refractivity contribution in [1.29, 1.82) is 0 Å². The van der Waals surface area contributed by atoms with E-state index in [0.717, 1.165) is 9.24 Å². The minimum atomic E-state index is -0.530. The van der Waals surface area contributed by atoms with Crippen LogP contribution in [0.4, 0.5) is 0 Å². The van der Waals surface area contributed by atoms with Crippen molar-refractivity contribution in [3.8, 4) is 0 Å². The quantitative estimate of drug-likeness (QED) is 0.663. The van der Waals surface area contributed by atoms with Gasteiger partial charge in [-0.3, -0.25) is 9.36 Å². The molecule has 2 heterocycles. The second-order valence-electron chi connectivity index (χ2n) is 3.64. The Hall–Kier alpha value is -2.05. The van der Waals surface area contributed by atoms with Crippen LogP contribution in [-0.4, -0.2) is 18.8 Å². The lowest BCUT2D eigenvalue weighted by atomic mass is 10.4. The summed E-state index contributed by atoms with van der Waals surface area (Å²) in [7, 11) is 1.69. The number of hydrogen-bond acceptors (Lipinski definition) is 4. The van der Waals surface area contributed by atoms with Gasteiger partial charge in [-0.25, -0.2) is 9.78 Å². The summed E-state index contributed by atoms with van der Waals surface area (Å²) >= 11 is 0. The largest absolute Gasteiger partial charge is 0.351 e. The van der Waals surface area contributed by atoms with Crippen LogP contribution >= 0.6 is 0 Å². The lowest BCUT2D eigenvalue weighted by molar-refractivity contribution is 0.599. The van der Waals surface area contributed by atoms with Gasteiger partial charge in [0.1, 0.15) is 0 Å². The predicted molar refractivity (Wildman–Crippen MR) is 59.7 cm³/mol. The Bertz CT molecular complexity index is 648. The first kappa shape index (κ1) is 10.5. The Balaban J connectivity index is 2.98. The molecule has 16 heavy (non-hydrogen) atoms. The average Bonchev–Trinajstić information content (AvgIpc) is 2.64. The zero-order valence-corrected chi connectivity index (χ0v) is 9.17. The fraction of sp³-hybridized carbons (Fsp3) is 0.444. The average molecular weight is 223 g/mol. The maximum Gasteiger partial charge on any atom is 0.351 e. The normalized spacial score (nSPS) is 11.1. The first-order valence-electron chi connectivity index (χ1n) is 5.00. The first-order chi connectivity index (χ1) is 7.57. The van der Waals surface area contributed by atoms with Crippen LogP contribution in [0.25, 0.3) is 11.2 Å². The number of nitrogens with zero attached hydrogens (tertiary/aromatic N) is 4. The predicted octanol–water partition coefficient (Wildman–Crippen LogP) is -0.979. The molecule has 0 aliphatic rings. The van der Waals surface area contributed by atoms with Gasteiger partial charge in [-0.05, 0) is 6.42 Å². The maximum atomic E-state index is 12.0.